The number of hydrogen-bond donors (Lipinski definition) is 1. The number of aromatic nitrogens is 2. The first-order valence-electron chi connectivity index (χ1n) is 6.72. The molecule has 1 aromatic heterocycles. The monoisotopic (exact) mass is 292 g/mol. The third-order valence-corrected chi connectivity index (χ3v) is 3.37. The van der Waals surface area contributed by atoms with E-state index in [1.165, 1.54) is 12.1 Å². The molecule has 0 atom stereocenters. The Labute approximate surface area is 127 Å². The standard InChI is InChI=1S/C17H13FN4/c18-15-3-1-12(2-4-15)10-22-11-14(9-21-22)17-6-5-16(20)7-13(17)8-19/h1-7,9,11H,10,20H2. The quantitative estimate of drug-likeness (QED) is 0.754. The predicted molar refractivity (Wildman–Crippen MR) is 82.3 cm³/mol. The largest absolute Gasteiger partial charge is 0.399 e. The molecule has 0 aliphatic rings. The smallest absolute Gasteiger partial charge is 0.123 e. The Bertz CT molecular complexity index is 844. The molecule has 0 aliphatic heterocycles. The van der Waals surface area contributed by atoms with Gasteiger partial charge in [-0.2, -0.15) is 10.4 Å². The van der Waals surface area contributed by atoms with E-state index in [4.69, 9.17) is 5.73 Å². The van der Waals surface area contributed by atoms with Gasteiger partial charge in [-0.15, -0.1) is 0 Å². The van der Waals surface area contributed by atoms with Crippen LogP contribution < -0.4 is 5.73 Å². The van der Waals surface area contributed by atoms with E-state index in [1.54, 1.807) is 35.1 Å². The third kappa shape index (κ3) is 2.81. The molecule has 5 heteroatoms. The van der Waals surface area contributed by atoms with Gasteiger partial charge in [0.15, 0.2) is 0 Å². The van der Waals surface area contributed by atoms with Crippen LogP contribution in [0, 0.1) is 17.1 Å². The van der Waals surface area contributed by atoms with Gasteiger partial charge in [-0.1, -0.05) is 18.2 Å². The lowest BCUT2D eigenvalue weighted by atomic mass is 10.0. The highest BCUT2D eigenvalue weighted by Gasteiger charge is 2.08. The first-order chi connectivity index (χ1) is 10.7. The van der Waals surface area contributed by atoms with E-state index in [-0.39, 0.29) is 5.82 Å². The summed E-state index contributed by atoms with van der Waals surface area (Å²) >= 11 is 0. The average molecular weight is 292 g/mol. The number of halogens is 1. The third-order valence-electron chi connectivity index (χ3n) is 3.37. The first kappa shape index (κ1) is 13.8. The number of benzene rings is 2. The van der Waals surface area contributed by atoms with Gasteiger partial charge in [0.25, 0.3) is 0 Å². The lowest BCUT2D eigenvalue weighted by molar-refractivity contribution is 0.624. The Balaban J connectivity index is 1.88. The van der Waals surface area contributed by atoms with Gasteiger partial charge in [0, 0.05) is 23.0 Å². The predicted octanol–water partition coefficient (Wildman–Crippen LogP) is 3.19. The summed E-state index contributed by atoms with van der Waals surface area (Å²) in [5.74, 6) is -0.259. The molecule has 4 nitrogen and oxygen atoms in total. The number of rotatable bonds is 3. The fraction of sp³-hybridized carbons (Fsp3) is 0.0588. The highest BCUT2D eigenvalue weighted by molar-refractivity contribution is 5.71. The van der Waals surface area contributed by atoms with Crippen molar-refractivity contribution in [2.24, 2.45) is 0 Å². The maximum Gasteiger partial charge on any atom is 0.123 e. The van der Waals surface area contributed by atoms with Crippen LogP contribution in [-0.4, -0.2) is 9.78 Å². The Morgan fingerprint density at radius 2 is 1.95 bits per heavy atom. The van der Waals surface area contributed by atoms with Gasteiger partial charge in [0.2, 0.25) is 0 Å². The zero-order valence-electron chi connectivity index (χ0n) is 11.7. The highest BCUT2D eigenvalue weighted by Crippen LogP contribution is 2.24. The fourth-order valence-electron chi connectivity index (χ4n) is 2.27. The van der Waals surface area contributed by atoms with E-state index in [2.05, 4.69) is 11.2 Å². The summed E-state index contributed by atoms with van der Waals surface area (Å²) in [5.41, 5.74) is 9.36. The van der Waals surface area contributed by atoms with E-state index in [0.717, 1.165) is 16.7 Å². The zero-order chi connectivity index (χ0) is 15.5. The van der Waals surface area contributed by atoms with E-state index in [0.29, 0.717) is 17.8 Å². The minimum atomic E-state index is -0.259. The maximum absolute atomic E-state index is 12.9. The molecule has 0 unspecified atom stereocenters. The summed E-state index contributed by atoms with van der Waals surface area (Å²) in [5, 5.41) is 13.5. The minimum absolute atomic E-state index is 0.259. The summed E-state index contributed by atoms with van der Waals surface area (Å²) in [6, 6.07) is 13.7. The van der Waals surface area contributed by atoms with Crippen molar-refractivity contribution in [3.8, 4) is 17.2 Å². The number of nitrogens with zero attached hydrogens (tertiary/aromatic N) is 3. The molecule has 1 heterocycles. The topological polar surface area (TPSA) is 67.6 Å². The van der Waals surface area contributed by atoms with E-state index >= 15 is 0 Å². The Hall–Kier alpha value is -3.13. The minimum Gasteiger partial charge on any atom is -0.399 e. The lowest BCUT2D eigenvalue weighted by Gasteiger charge is -2.03. The molecule has 0 radical (unpaired) electrons. The molecule has 2 N–H and O–H groups in total. The van der Waals surface area contributed by atoms with Crippen molar-refractivity contribution in [3.05, 3.63) is 71.8 Å². The van der Waals surface area contributed by atoms with Crippen LogP contribution in [0.15, 0.2) is 54.9 Å². The molecule has 108 valence electrons. The van der Waals surface area contributed by atoms with Crippen molar-refractivity contribution in [2.75, 3.05) is 5.73 Å². The average Bonchev–Trinajstić information content (AvgIpc) is 2.97. The highest BCUT2D eigenvalue weighted by atomic mass is 19.1. The second kappa shape index (κ2) is 5.70. The molecule has 3 rings (SSSR count). The number of nitriles is 1. The summed E-state index contributed by atoms with van der Waals surface area (Å²) in [6.07, 6.45) is 3.56. The van der Waals surface area contributed by atoms with Crippen molar-refractivity contribution < 1.29 is 4.39 Å². The number of hydrogen-bond acceptors (Lipinski definition) is 3. The normalized spacial score (nSPS) is 10.4. The summed E-state index contributed by atoms with van der Waals surface area (Å²) < 4.78 is 14.7. The van der Waals surface area contributed by atoms with Gasteiger partial charge in [0.1, 0.15) is 5.82 Å². The molecule has 0 saturated heterocycles. The van der Waals surface area contributed by atoms with E-state index < -0.39 is 0 Å². The molecule has 2 aromatic carbocycles. The Morgan fingerprint density at radius 1 is 1.18 bits per heavy atom. The van der Waals surface area contributed by atoms with Crippen molar-refractivity contribution in [1.29, 1.82) is 5.26 Å². The van der Waals surface area contributed by atoms with Crippen molar-refractivity contribution >= 4 is 5.69 Å². The van der Waals surface area contributed by atoms with Crippen LogP contribution >= 0.6 is 0 Å². The molecule has 0 amide bonds. The second-order valence-electron chi connectivity index (χ2n) is 4.97. The van der Waals surface area contributed by atoms with E-state index in [1.807, 2.05) is 12.3 Å². The summed E-state index contributed by atoms with van der Waals surface area (Å²) in [6.45, 7) is 0.539. The van der Waals surface area contributed by atoms with Crippen molar-refractivity contribution in [3.63, 3.8) is 0 Å². The van der Waals surface area contributed by atoms with Crippen molar-refractivity contribution in [1.82, 2.24) is 9.78 Å². The van der Waals surface area contributed by atoms with Crippen LogP contribution in [0.3, 0.4) is 0 Å². The molecule has 3 aromatic rings. The van der Waals surface area contributed by atoms with Crippen LogP contribution in [0.1, 0.15) is 11.1 Å². The van der Waals surface area contributed by atoms with Crippen LogP contribution in [0.4, 0.5) is 10.1 Å². The molecule has 0 fully saturated rings. The van der Waals surface area contributed by atoms with E-state index in [9.17, 15) is 9.65 Å². The second-order valence-corrected chi connectivity index (χ2v) is 4.97. The first-order valence-corrected chi connectivity index (χ1v) is 6.72. The Kier molecular flexibility index (Phi) is 3.58. The van der Waals surface area contributed by atoms with Gasteiger partial charge >= 0.3 is 0 Å². The van der Waals surface area contributed by atoms with Crippen LogP contribution in [0.25, 0.3) is 11.1 Å². The SMILES string of the molecule is N#Cc1cc(N)ccc1-c1cnn(Cc2ccc(F)cc2)c1. The van der Waals surface area contributed by atoms with Gasteiger partial charge < -0.3 is 5.73 Å². The zero-order valence-corrected chi connectivity index (χ0v) is 11.7. The van der Waals surface area contributed by atoms with Gasteiger partial charge in [-0.05, 0) is 29.8 Å². The molecule has 22 heavy (non-hydrogen) atoms. The number of nitrogen functional groups attached to an aromatic ring is 1. The van der Waals surface area contributed by atoms with Gasteiger partial charge in [-0.25, -0.2) is 4.39 Å². The molecule has 0 spiro atoms. The van der Waals surface area contributed by atoms with Gasteiger partial charge in [0.05, 0.1) is 24.4 Å². The Morgan fingerprint density at radius 3 is 2.68 bits per heavy atom. The maximum atomic E-state index is 12.9. The van der Waals surface area contributed by atoms with Gasteiger partial charge in [-0.3, -0.25) is 4.68 Å². The van der Waals surface area contributed by atoms with Crippen molar-refractivity contribution in [2.45, 2.75) is 6.54 Å². The lowest BCUT2D eigenvalue weighted by Crippen LogP contribution is -1.99. The molecular formula is C17H13FN4. The van der Waals surface area contributed by atoms with Crippen LogP contribution in [0.5, 0.6) is 0 Å². The summed E-state index contributed by atoms with van der Waals surface area (Å²) in [7, 11) is 0. The molecule has 0 saturated carbocycles. The molecule has 0 aliphatic carbocycles. The number of nitrogens with two attached hydrogens (primary N) is 1. The molecular weight excluding hydrogens is 279 g/mol. The summed E-state index contributed by atoms with van der Waals surface area (Å²) in [4.78, 5) is 0. The van der Waals surface area contributed by atoms with Crippen LogP contribution in [-0.2, 0) is 6.54 Å². The fourth-order valence-corrected chi connectivity index (χ4v) is 2.27. The molecule has 0 bridgehead atoms. The van der Waals surface area contributed by atoms with Crippen LogP contribution in [0.2, 0.25) is 0 Å². The number of anilines is 1.